The van der Waals surface area contributed by atoms with E-state index in [9.17, 15) is 4.39 Å². The van der Waals surface area contributed by atoms with Crippen LogP contribution < -0.4 is 5.32 Å². The molecule has 0 amide bonds. The van der Waals surface area contributed by atoms with Crippen LogP contribution in [0.5, 0.6) is 0 Å². The van der Waals surface area contributed by atoms with Crippen molar-refractivity contribution >= 4 is 0 Å². The molecule has 2 aromatic rings. The van der Waals surface area contributed by atoms with E-state index in [4.69, 9.17) is 0 Å². The number of nitrogens with zero attached hydrogens (tertiary/aromatic N) is 2. The lowest BCUT2D eigenvalue weighted by molar-refractivity contribution is 0.622. The first-order valence-corrected chi connectivity index (χ1v) is 6.15. The molecule has 1 aliphatic rings. The van der Waals surface area contributed by atoms with Gasteiger partial charge in [-0.3, -0.25) is 9.97 Å². The number of nitrogens with one attached hydrogen (secondary N) is 1. The lowest BCUT2D eigenvalue weighted by Crippen LogP contribution is -2.14. The summed E-state index contributed by atoms with van der Waals surface area (Å²) in [6, 6.07) is 6.92. The van der Waals surface area contributed by atoms with Gasteiger partial charge in [-0.1, -0.05) is 12.1 Å². The van der Waals surface area contributed by atoms with Gasteiger partial charge in [-0.25, -0.2) is 4.39 Å². The van der Waals surface area contributed by atoms with Gasteiger partial charge in [0.05, 0.1) is 29.8 Å². The van der Waals surface area contributed by atoms with E-state index in [0.717, 1.165) is 18.7 Å². The summed E-state index contributed by atoms with van der Waals surface area (Å²) >= 11 is 0. The quantitative estimate of drug-likeness (QED) is 0.881. The Morgan fingerprint density at radius 1 is 1.17 bits per heavy atom. The van der Waals surface area contributed by atoms with Gasteiger partial charge in [-0.2, -0.15) is 0 Å². The standard InChI is InChI=1S/C14H14FN3/c15-11-5-2-1-4-10(11)13-8-18-14(9-17-13)12-6-3-7-16-12/h1-2,4-5,8-9,12,16H,3,6-7H2/t12-/m0/s1. The maximum atomic E-state index is 13.6. The number of halogens is 1. The van der Waals surface area contributed by atoms with Gasteiger partial charge in [0, 0.05) is 5.56 Å². The fourth-order valence-corrected chi connectivity index (χ4v) is 2.26. The van der Waals surface area contributed by atoms with Gasteiger partial charge in [0.2, 0.25) is 0 Å². The molecule has 0 radical (unpaired) electrons. The maximum absolute atomic E-state index is 13.6. The lowest BCUT2D eigenvalue weighted by atomic mass is 10.1. The Labute approximate surface area is 105 Å². The van der Waals surface area contributed by atoms with E-state index >= 15 is 0 Å². The Bertz CT molecular complexity index is 533. The molecule has 3 nitrogen and oxygen atoms in total. The SMILES string of the molecule is Fc1ccccc1-c1cnc([C@@H]2CCCN2)cn1. The number of hydrogen-bond donors (Lipinski definition) is 1. The smallest absolute Gasteiger partial charge is 0.132 e. The normalized spacial score (nSPS) is 19.1. The molecule has 4 heteroatoms. The average Bonchev–Trinajstić information content (AvgIpc) is 2.94. The van der Waals surface area contributed by atoms with Crippen LogP contribution in [0.15, 0.2) is 36.7 Å². The first-order valence-electron chi connectivity index (χ1n) is 6.15. The Balaban J connectivity index is 1.89. The van der Waals surface area contributed by atoms with Crippen LogP contribution in [0.1, 0.15) is 24.6 Å². The number of benzene rings is 1. The monoisotopic (exact) mass is 243 g/mol. The van der Waals surface area contributed by atoms with Crippen LogP contribution in [0.3, 0.4) is 0 Å². The van der Waals surface area contributed by atoms with E-state index in [1.165, 1.54) is 12.5 Å². The summed E-state index contributed by atoms with van der Waals surface area (Å²) in [4.78, 5) is 8.70. The third-order valence-corrected chi connectivity index (χ3v) is 3.24. The molecule has 1 aliphatic heterocycles. The minimum atomic E-state index is -0.265. The molecule has 1 atom stereocenters. The molecule has 0 saturated carbocycles. The minimum Gasteiger partial charge on any atom is -0.309 e. The van der Waals surface area contributed by atoms with Gasteiger partial charge in [0.25, 0.3) is 0 Å². The van der Waals surface area contributed by atoms with Gasteiger partial charge in [-0.05, 0) is 31.5 Å². The van der Waals surface area contributed by atoms with Gasteiger partial charge in [0.1, 0.15) is 5.82 Å². The van der Waals surface area contributed by atoms with Crippen LogP contribution >= 0.6 is 0 Å². The first-order chi connectivity index (χ1) is 8.84. The van der Waals surface area contributed by atoms with Crippen LogP contribution in [0.4, 0.5) is 4.39 Å². The number of rotatable bonds is 2. The van der Waals surface area contributed by atoms with Crippen LogP contribution in [0.2, 0.25) is 0 Å². The second-order valence-corrected chi connectivity index (χ2v) is 4.46. The van der Waals surface area contributed by atoms with Crippen molar-refractivity contribution in [2.75, 3.05) is 6.54 Å². The van der Waals surface area contributed by atoms with Crippen molar-refractivity contribution in [3.8, 4) is 11.3 Å². The van der Waals surface area contributed by atoms with E-state index in [-0.39, 0.29) is 5.82 Å². The minimum absolute atomic E-state index is 0.265. The summed E-state index contributed by atoms with van der Waals surface area (Å²) in [5, 5.41) is 3.37. The van der Waals surface area contributed by atoms with E-state index in [1.54, 1.807) is 30.6 Å². The Morgan fingerprint density at radius 2 is 2.06 bits per heavy atom. The zero-order valence-corrected chi connectivity index (χ0v) is 9.94. The van der Waals surface area contributed by atoms with Crippen molar-refractivity contribution in [2.45, 2.75) is 18.9 Å². The zero-order valence-electron chi connectivity index (χ0n) is 9.94. The fourth-order valence-electron chi connectivity index (χ4n) is 2.26. The van der Waals surface area contributed by atoms with Crippen LogP contribution in [-0.2, 0) is 0 Å². The molecule has 92 valence electrons. The molecule has 2 heterocycles. The zero-order chi connectivity index (χ0) is 12.4. The third kappa shape index (κ3) is 2.11. The second kappa shape index (κ2) is 4.82. The van der Waals surface area contributed by atoms with Gasteiger partial charge >= 0.3 is 0 Å². The second-order valence-electron chi connectivity index (χ2n) is 4.46. The summed E-state index contributed by atoms with van der Waals surface area (Å²) in [6.07, 6.45) is 5.65. The molecule has 1 N–H and O–H groups in total. The summed E-state index contributed by atoms with van der Waals surface area (Å²) in [5.74, 6) is -0.265. The van der Waals surface area contributed by atoms with Crippen LogP contribution in [-0.4, -0.2) is 16.5 Å². The molecule has 3 rings (SSSR count). The molecule has 0 bridgehead atoms. The first kappa shape index (κ1) is 11.3. The van der Waals surface area contributed by atoms with E-state index in [2.05, 4.69) is 15.3 Å². The van der Waals surface area contributed by atoms with Crippen molar-refractivity contribution in [3.05, 3.63) is 48.2 Å². The predicted octanol–water partition coefficient (Wildman–Crippen LogP) is 2.71. The lowest BCUT2D eigenvalue weighted by Gasteiger charge is -2.09. The third-order valence-electron chi connectivity index (χ3n) is 3.24. The molecule has 0 unspecified atom stereocenters. The highest BCUT2D eigenvalue weighted by Crippen LogP contribution is 2.23. The summed E-state index contributed by atoms with van der Waals surface area (Å²) in [6.45, 7) is 1.03. The van der Waals surface area contributed by atoms with Gasteiger partial charge in [-0.15, -0.1) is 0 Å². The fraction of sp³-hybridized carbons (Fsp3) is 0.286. The van der Waals surface area contributed by atoms with Gasteiger partial charge < -0.3 is 5.32 Å². The highest BCUT2D eigenvalue weighted by Gasteiger charge is 2.17. The Morgan fingerprint density at radius 3 is 2.72 bits per heavy atom. The molecule has 0 aliphatic carbocycles. The van der Waals surface area contributed by atoms with Crippen molar-refractivity contribution in [1.82, 2.24) is 15.3 Å². The van der Waals surface area contributed by atoms with Crippen molar-refractivity contribution < 1.29 is 4.39 Å². The van der Waals surface area contributed by atoms with Gasteiger partial charge in [0.15, 0.2) is 0 Å². The summed E-state index contributed by atoms with van der Waals surface area (Å²) in [7, 11) is 0. The van der Waals surface area contributed by atoms with Crippen molar-refractivity contribution in [2.24, 2.45) is 0 Å². The maximum Gasteiger partial charge on any atom is 0.132 e. The molecule has 1 saturated heterocycles. The van der Waals surface area contributed by atoms with E-state index < -0.39 is 0 Å². The molecular weight excluding hydrogens is 229 g/mol. The predicted molar refractivity (Wildman–Crippen MR) is 67.4 cm³/mol. The molecule has 1 fully saturated rings. The van der Waals surface area contributed by atoms with Crippen molar-refractivity contribution in [1.29, 1.82) is 0 Å². The highest BCUT2D eigenvalue weighted by molar-refractivity contribution is 5.58. The molecule has 1 aromatic heterocycles. The Hall–Kier alpha value is -1.81. The summed E-state index contributed by atoms with van der Waals surface area (Å²) < 4.78 is 13.6. The molecular formula is C14H14FN3. The van der Waals surface area contributed by atoms with E-state index in [0.29, 0.717) is 17.3 Å². The average molecular weight is 243 g/mol. The Kier molecular flexibility index (Phi) is 3.02. The molecule has 0 spiro atoms. The molecule has 18 heavy (non-hydrogen) atoms. The summed E-state index contributed by atoms with van der Waals surface area (Å²) in [5.41, 5.74) is 2.01. The number of aromatic nitrogens is 2. The van der Waals surface area contributed by atoms with Crippen LogP contribution in [0, 0.1) is 5.82 Å². The van der Waals surface area contributed by atoms with E-state index in [1.807, 2.05) is 0 Å². The number of hydrogen-bond acceptors (Lipinski definition) is 3. The highest BCUT2D eigenvalue weighted by atomic mass is 19.1. The largest absolute Gasteiger partial charge is 0.309 e. The molecule has 1 aromatic carbocycles. The topological polar surface area (TPSA) is 37.8 Å². The van der Waals surface area contributed by atoms with Crippen molar-refractivity contribution in [3.63, 3.8) is 0 Å². The van der Waals surface area contributed by atoms with Crippen LogP contribution in [0.25, 0.3) is 11.3 Å².